The van der Waals surface area contributed by atoms with Gasteiger partial charge < -0.3 is 0 Å². The first-order valence-electron chi connectivity index (χ1n) is 4.11. The summed E-state index contributed by atoms with van der Waals surface area (Å²) in [5, 5.41) is 12.7. The molecule has 0 radical (unpaired) electrons. The highest BCUT2D eigenvalue weighted by atomic mass is 127. The summed E-state index contributed by atoms with van der Waals surface area (Å²) in [6, 6.07) is 10.1. The van der Waals surface area contributed by atoms with Crippen LogP contribution in [-0.2, 0) is 0 Å². The molecule has 0 aliphatic heterocycles. The van der Waals surface area contributed by atoms with Gasteiger partial charge >= 0.3 is 0 Å². The lowest BCUT2D eigenvalue weighted by atomic mass is 10.2. The minimum atomic E-state index is 0.785. The molecule has 0 saturated heterocycles. The van der Waals surface area contributed by atoms with Crippen LogP contribution in [0.2, 0.25) is 0 Å². The Balaban J connectivity index is 2.67. The average Bonchev–Trinajstić information content (AvgIpc) is 2.66. The number of nitrogens with zero attached hydrogens (tertiary/aromatic N) is 4. The fourth-order valence-electron chi connectivity index (χ4n) is 1.51. The van der Waals surface area contributed by atoms with Crippen LogP contribution in [0, 0.1) is 3.57 Å². The molecule has 5 heteroatoms. The monoisotopic (exact) mass is 296 g/mol. The maximum atomic E-state index is 3.94. The van der Waals surface area contributed by atoms with Crippen LogP contribution in [0.1, 0.15) is 0 Å². The lowest BCUT2D eigenvalue weighted by Crippen LogP contribution is -1.92. The number of benzene rings is 1. The Bertz CT molecular complexity index is 616. The summed E-state index contributed by atoms with van der Waals surface area (Å²) in [6.07, 6.45) is 0. The molecule has 68 valence electrons. The lowest BCUT2D eigenvalue weighted by molar-refractivity contribution is 0.841. The molecule has 2 heterocycles. The largest absolute Gasteiger partial charge is 0.193 e. The molecular formula is C9H5IN4. The maximum Gasteiger partial charge on any atom is 0.181 e. The molecule has 1 aromatic carbocycles. The van der Waals surface area contributed by atoms with E-state index >= 15 is 0 Å². The van der Waals surface area contributed by atoms with Crippen molar-refractivity contribution in [2.45, 2.75) is 0 Å². The summed E-state index contributed by atoms with van der Waals surface area (Å²) < 4.78 is 2.91. The van der Waals surface area contributed by atoms with Crippen LogP contribution in [-0.4, -0.2) is 20.0 Å². The maximum absolute atomic E-state index is 3.94. The minimum Gasteiger partial charge on any atom is -0.193 e. The topological polar surface area (TPSA) is 43.1 Å². The molecule has 0 spiro atoms. The van der Waals surface area contributed by atoms with Gasteiger partial charge in [0.15, 0.2) is 5.65 Å². The quantitative estimate of drug-likeness (QED) is 0.595. The van der Waals surface area contributed by atoms with Crippen molar-refractivity contribution in [1.29, 1.82) is 0 Å². The molecule has 0 N–H and O–H groups in total. The second-order valence-corrected chi connectivity index (χ2v) is 4.12. The van der Waals surface area contributed by atoms with Gasteiger partial charge in [-0.3, -0.25) is 0 Å². The van der Waals surface area contributed by atoms with Crippen molar-refractivity contribution >= 4 is 39.1 Å². The second-order valence-electron chi connectivity index (χ2n) is 2.96. The van der Waals surface area contributed by atoms with E-state index in [2.05, 4.69) is 44.2 Å². The Morgan fingerprint density at radius 3 is 3.00 bits per heavy atom. The van der Waals surface area contributed by atoms with Gasteiger partial charge in [-0.2, -0.15) is 4.52 Å². The molecule has 4 nitrogen and oxygen atoms in total. The highest BCUT2D eigenvalue weighted by Crippen LogP contribution is 2.21. The average molecular weight is 296 g/mol. The number of fused-ring (bicyclic) bond motifs is 3. The first kappa shape index (κ1) is 8.10. The number of halogens is 1. The molecule has 0 bridgehead atoms. The third-order valence-corrected chi connectivity index (χ3v) is 3.03. The van der Waals surface area contributed by atoms with Gasteiger partial charge in [-0.1, -0.05) is 18.2 Å². The molecule has 3 rings (SSSR count). The number of rotatable bonds is 0. The Morgan fingerprint density at radius 1 is 1.21 bits per heavy atom. The van der Waals surface area contributed by atoms with Gasteiger partial charge in [0.05, 0.1) is 5.52 Å². The SMILES string of the molecule is Ic1cc2nnnn2c2ccccc12. The molecule has 0 atom stereocenters. The van der Waals surface area contributed by atoms with Crippen LogP contribution in [0.3, 0.4) is 0 Å². The van der Waals surface area contributed by atoms with Crippen LogP contribution in [0.15, 0.2) is 30.3 Å². The van der Waals surface area contributed by atoms with E-state index in [1.54, 1.807) is 4.52 Å². The number of hydrogen-bond acceptors (Lipinski definition) is 3. The summed E-state index contributed by atoms with van der Waals surface area (Å²) in [7, 11) is 0. The highest BCUT2D eigenvalue weighted by molar-refractivity contribution is 14.1. The van der Waals surface area contributed by atoms with Gasteiger partial charge in [-0.05, 0) is 45.2 Å². The summed E-state index contributed by atoms with van der Waals surface area (Å²) in [5.74, 6) is 0. The van der Waals surface area contributed by atoms with Crippen LogP contribution in [0.25, 0.3) is 16.6 Å². The molecule has 14 heavy (non-hydrogen) atoms. The van der Waals surface area contributed by atoms with Crippen LogP contribution < -0.4 is 0 Å². The van der Waals surface area contributed by atoms with E-state index in [1.165, 1.54) is 8.96 Å². The normalized spacial score (nSPS) is 11.2. The van der Waals surface area contributed by atoms with E-state index in [-0.39, 0.29) is 0 Å². The first-order chi connectivity index (χ1) is 6.86. The van der Waals surface area contributed by atoms with E-state index in [0.29, 0.717) is 0 Å². The van der Waals surface area contributed by atoms with Gasteiger partial charge in [-0.25, -0.2) is 0 Å². The predicted molar refractivity (Wildman–Crippen MR) is 61.0 cm³/mol. The molecule has 3 aromatic rings. The number of pyridine rings is 1. The van der Waals surface area contributed by atoms with Crippen LogP contribution in [0.4, 0.5) is 0 Å². The summed E-state index contributed by atoms with van der Waals surface area (Å²) >= 11 is 2.29. The third-order valence-electron chi connectivity index (χ3n) is 2.14. The van der Waals surface area contributed by atoms with Crippen molar-refractivity contribution in [3.8, 4) is 0 Å². The van der Waals surface area contributed by atoms with Gasteiger partial charge in [0.25, 0.3) is 0 Å². The molecule has 0 saturated carbocycles. The number of aromatic nitrogens is 4. The van der Waals surface area contributed by atoms with Crippen molar-refractivity contribution in [3.63, 3.8) is 0 Å². The second kappa shape index (κ2) is 2.88. The zero-order chi connectivity index (χ0) is 9.54. The Hall–Kier alpha value is -1.24. The molecule has 2 aromatic heterocycles. The third kappa shape index (κ3) is 1.02. The Labute approximate surface area is 93.1 Å². The highest BCUT2D eigenvalue weighted by Gasteiger charge is 2.05. The standard InChI is InChI=1S/C9H5IN4/c10-7-5-9-11-12-13-14(9)8-4-2-1-3-6(7)8/h1-5H. The van der Waals surface area contributed by atoms with E-state index in [9.17, 15) is 0 Å². The van der Waals surface area contributed by atoms with E-state index in [0.717, 1.165) is 11.2 Å². The molecule has 0 aliphatic rings. The predicted octanol–water partition coefficient (Wildman–Crippen LogP) is 1.88. The van der Waals surface area contributed by atoms with E-state index < -0.39 is 0 Å². The number of para-hydroxylation sites is 1. The molecule has 0 aliphatic carbocycles. The Kier molecular flexibility index (Phi) is 1.66. The molecular weight excluding hydrogens is 291 g/mol. The van der Waals surface area contributed by atoms with Gasteiger partial charge in [-0.15, -0.1) is 5.10 Å². The fourth-order valence-corrected chi connectivity index (χ4v) is 2.24. The Morgan fingerprint density at radius 2 is 2.07 bits per heavy atom. The number of hydrogen-bond donors (Lipinski definition) is 0. The van der Waals surface area contributed by atoms with E-state index in [1.807, 2.05) is 24.3 Å². The smallest absolute Gasteiger partial charge is 0.181 e. The lowest BCUT2D eigenvalue weighted by Gasteiger charge is -2.00. The van der Waals surface area contributed by atoms with Crippen molar-refractivity contribution in [3.05, 3.63) is 33.9 Å². The van der Waals surface area contributed by atoms with Crippen molar-refractivity contribution in [2.24, 2.45) is 0 Å². The number of tetrazole rings is 1. The van der Waals surface area contributed by atoms with Crippen molar-refractivity contribution in [1.82, 2.24) is 20.0 Å². The summed E-state index contributed by atoms with van der Waals surface area (Å²) in [6.45, 7) is 0. The van der Waals surface area contributed by atoms with Gasteiger partial charge in [0.2, 0.25) is 0 Å². The minimum absolute atomic E-state index is 0.785. The van der Waals surface area contributed by atoms with Crippen molar-refractivity contribution < 1.29 is 0 Å². The van der Waals surface area contributed by atoms with Crippen molar-refractivity contribution in [2.75, 3.05) is 0 Å². The van der Waals surface area contributed by atoms with Crippen LogP contribution in [0.5, 0.6) is 0 Å². The van der Waals surface area contributed by atoms with Crippen LogP contribution >= 0.6 is 22.6 Å². The van der Waals surface area contributed by atoms with Gasteiger partial charge in [0.1, 0.15) is 0 Å². The zero-order valence-electron chi connectivity index (χ0n) is 7.05. The molecule has 0 unspecified atom stereocenters. The summed E-state index contributed by atoms with van der Waals surface area (Å²) in [5.41, 5.74) is 1.83. The first-order valence-corrected chi connectivity index (χ1v) is 5.19. The fraction of sp³-hybridized carbons (Fsp3) is 0. The molecule has 0 fully saturated rings. The van der Waals surface area contributed by atoms with Gasteiger partial charge in [0, 0.05) is 8.96 Å². The zero-order valence-corrected chi connectivity index (χ0v) is 9.21. The van der Waals surface area contributed by atoms with E-state index in [4.69, 9.17) is 0 Å². The molecule has 0 amide bonds. The summed E-state index contributed by atoms with van der Waals surface area (Å²) in [4.78, 5) is 0.